The Kier molecular flexibility index (Phi) is 3.96. The highest BCUT2D eigenvalue weighted by Gasteiger charge is 2.35. The molecule has 100 valence electrons. The van der Waals surface area contributed by atoms with Crippen molar-refractivity contribution in [1.82, 2.24) is 10.3 Å². The van der Waals surface area contributed by atoms with Crippen LogP contribution in [0.25, 0.3) is 0 Å². The van der Waals surface area contributed by atoms with Crippen LogP contribution in [0.15, 0.2) is 16.8 Å². The molecule has 1 aromatic rings. The number of nitrogens with zero attached hydrogens (tertiary/aromatic N) is 1. The fourth-order valence-electron chi connectivity index (χ4n) is 3.05. The van der Waals surface area contributed by atoms with Crippen LogP contribution >= 0.6 is 11.3 Å². The molecule has 0 radical (unpaired) electrons. The molecule has 3 N–H and O–H groups in total. The number of fused-ring (bicyclic) bond motifs is 1. The number of ether oxygens (including phenoxy) is 1. The molecule has 3 rings (SSSR count). The van der Waals surface area contributed by atoms with Crippen LogP contribution in [0.5, 0.6) is 0 Å². The molecule has 0 spiro atoms. The lowest BCUT2D eigenvalue weighted by Crippen LogP contribution is -2.56. The van der Waals surface area contributed by atoms with Gasteiger partial charge in [0, 0.05) is 12.6 Å². The number of hydrogen-bond donors (Lipinski definition) is 2. The van der Waals surface area contributed by atoms with Crippen LogP contribution in [0.1, 0.15) is 18.4 Å². The van der Waals surface area contributed by atoms with Crippen molar-refractivity contribution in [2.24, 2.45) is 5.84 Å². The zero-order valence-corrected chi connectivity index (χ0v) is 11.4. The van der Waals surface area contributed by atoms with Gasteiger partial charge in [-0.15, -0.1) is 0 Å². The molecule has 2 aliphatic rings. The van der Waals surface area contributed by atoms with Crippen molar-refractivity contribution < 1.29 is 4.74 Å². The van der Waals surface area contributed by atoms with Gasteiger partial charge in [0.1, 0.15) is 0 Å². The number of thiophene rings is 1. The summed E-state index contributed by atoms with van der Waals surface area (Å²) in [6.45, 7) is 3.11. The van der Waals surface area contributed by atoms with E-state index in [0.29, 0.717) is 6.04 Å². The van der Waals surface area contributed by atoms with E-state index in [-0.39, 0.29) is 12.1 Å². The summed E-state index contributed by atoms with van der Waals surface area (Å²) in [6, 6.07) is 3.03. The van der Waals surface area contributed by atoms with Crippen molar-refractivity contribution in [1.29, 1.82) is 0 Å². The Labute approximate surface area is 112 Å². The fraction of sp³-hybridized carbons (Fsp3) is 0.692. The van der Waals surface area contributed by atoms with Crippen LogP contribution in [0.2, 0.25) is 0 Å². The number of hydrogen-bond acceptors (Lipinski definition) is 5. The van der Waals surface area contributed by atoms with Crippen LogP contribution in [0.3, 0.4) is 0 Å². The molecular formula is C13H21N3OS. The van der Waals surface area contributed by atoms with E-state index in [4.69, 9.17) is 10.6 Å². The van der Waals surface area contributed by atoms with Crippen molar-refractivity contribution in [2.75, 3.05) is 19.7 Å². The minimum atomic E-state index is 0.209. The molecule has 3 atom stereocenters. The molecule has 2 fully saturated rings. The number of nitrogens with one attached hydrogen (secondary N) is 1. The van der Waals surface area contributed by atoms with Crippen molar-refractivity contribution in [3.8, 4) is 0 Å². The minimum absolute atomic E-state index is 0.209. The van der Waals surface area contributed by atoms with Crippen LogP contribution in [-0.4, -0.2) is 42.8 Å². The van der Waals surface area contributed by atoms with Gasteiger partial charge in [0.25, 0.3) is 0 Å². The van der Waals surface area contributed by atoms with E-state index in [2.05, 4.69) is 27.2 Å². The number of rotatable bonds is 4. The summed E-state index contributed by atoms with van der Waals surface area (Å²) in [5.41, 5.74) is 4.29. The zero-order valence-electron chi connectivity index (χ0n) is 10.5. The predicted octanol–water partition coefficient (Wildman–Crippen LogP) is 0.986. The largest absolute Gasteiger partial charge is 0.374 e. The van der Waals surface area contributed by atoms with E-state index in [1.807, 2.05) is 0 Å². The van der Waals surface area contributed by atoms with Crippen LogP contribution in [0, 0.1) is 0 Å². The van der Waals surface area contributed by atoms with Crippen LogP contribution < -0.4 is 11.3 Å². The molecule has 0 amide bonds. The van der Waals surface area contributed by atoms with E-state index in [0.717, 1.165) is 19.6 Å². The first-order valence-corrected chi connectivity index (χ1v) is 7.64. The van der Waals surface area contributed by atoms with E-state index in [9.17, 15) is 0 Å². The quantitative estimate of drug-likeness (QED) is 0.631. The second-order valence-electron chi connectivity index (χ2n) is 5.27. The Morgan fingerprint density at radius 2 is 2.56 bits per heavy atom. The Hall–Kier alpha value is -0.460. The number of hydrazine groups is 1. The second-order valence-corrected chi connectivity index (χ2v) is 6.05. The van der Waals surface area contributed by atoms with Crippen molar-refractivity contribution in [3.63, 3.8) is 0 Å². The summed E-state index contributed by atoms with van der Waals surface area (Å²) < 4.78 is 6.01. The third-order valence-corrected chi connectivity index (χ3v) is 4.85. The standard InChI is InChI=1S/C13H21N3OS/c14-15-12(6-10-3-5-18-9-10)13-7-16-4-1-2-11(16)8-17-13/h3,5,9,11-13,15H,1-2,4,6-8,14H2. The molecule has 0 saturated carbocycles. The first kappa shape index (κ1) is 12.6. The van der Waals surface area contributed by atoms with Crippen molar-refractivity contribution in [2.45, 2.75) is 37.5 Å². The summed E-state index contributed by atoms with van der Waals surface area (Å²) in [6.07, 6.45) is 3.76. The third-order valence-electron chi connectivity index (χ3n) is 4.11. The highest BCUT2D eigenvalue weighted by Crippen LogP contribution is 2.24. The van der Waals surface area contributed by atoms with E-state index in [1.54, 1.807) is 11.3 Å². The van der Waals surface area contributed by atoms with Crippen molar-refractivity contribution in [3.05, 3.63) is 22.4 Å². The van der Waals surface area contributed by atoms with E-state index >= 15 is 0 Å². The van der Waals surface area contributed by atoms with Crippen molar-refractivity contribution >= 4 is 11.3 Å². The topological polar surface area (TPSA) is 50.5 Å². The van der Waals surface area contributed by atoms with Gasteiger partial charge >= 0.3 is 0 Å². The monoisotopic (exact) mass is 267 g/mol. The van der Waals surface area contributed by atoms with Gasteiger partial charge in [0.15, 0.2) is 0 Å². The summed E-state index contributed by atoms with van der Waals surface area (Å²) in [5, 5.41) is 4.30. The lowest BCUT2D eigenvalue weighted by molar-refractivity contribution is -0.0644. The van der Waals surface area contributed by atoms with Gasteiger partial charge in [-0.3, -0.25) is 16.2 Å². The molecule has 3 unspecified atom stereocenters. The maximum Gasteiger partial charge on any atom is 0.0872 e. The van der Waals surface area contributed by atoms with Gasteiger partial charge in [-0.2, -0.15) is 11.3 Å². The zero-order chi connectivity index (χ0) is 12.4. The third kappa shape index (κ3) is 2.60. The molecule has 2 aliphatic heterocycles. The first-order valence-electron chi connectivity index (χ1n) is 6.69. The summed E-state index contributed by atoms with van der Waals surface area (Å²) in [4.78, 5) is 2.56. The van der Waals surface area contributed by atoms with Gasteiger partial charge in [-0.25, -0.2) is 0 Å². The molecule has 2 saturated heterocycles. The Bertz CT molecular complexity index is 370. The summed E-state index contributed by atoms with van der Waals surface area (Å²) in [5.74, 6) is 5.71. The normalized spacial score (nSPS) is 30.3. The maximum absolute atomic E-state index is 6.01. The van der Waals surface area contributed by atoms with Crippen LogP contribution in [-0.2, 0) is 11.2 Å². The van der Waals surface area contributed by atoms with E-state index < -0.39 is 0 Å². The fourth-order valence-corrected chi connectivity index (χ4v) is 3.73. The molecule has 0 aromatic carbocycles. The lowest BCUT2D eigenvalue weighted by Gasteiger charge is -2.38. The smallest absolute Gasteiger partial charge is 0.0872 e. The molecular weight excluding hydrogens is 246 g/mol. The molecule has 0 aliphatic carbocycles. The molecule has 0 bridgehead atoms. The average Bonchev–Trinajstić information content (AvgIpc) is 3.06. The minimum Gasteiger partial charge on any atom is -0.374 e. The Morgan fingerprint density at radius 1 is 1.61 bits per heavy atom. The molecule has 4 nitrogen and oxygen atoms in total. The molecule has 1 aromatic heterocycles. The molecule has 18 heavy (non-hydrogen) atoms. The summed E-state index contributed by atoms with van der Waals surface area (Å²) >= 11 is 1.73. The highest BCUT2D eigenvalue weighted by atomic mass is 32.1. The van der Waals surface area contributed by atoms with Gasteiger partial charge < -0.3 is 4.74 Å². The number of nitrogens with two attached hydrogens (primary N) is 1. The molecule has 3 heterocycles. The van der Waals surface area contributed by atoms with Gasteiger partial charge in [0.05, 0.1) is 18.8 Å². The second kappa shape index (κ2) is 5.67. The maximum atomic E-state index is 6.01. The first-order chi connectivity index (χ1) is 8.86. The Morgan fingerprint density at radius 3 is 3.33 bits per heavy atom. The van der Waals surface area contributed by atoms with Gasteiger partial charge in [0.2, 0.25) is 0 Å². The lowest BCUT2D eigenvalue weighted by atomic mass is 10.0. The summed E-state index contributed by atoms with van der Waals surface area (Å²) in [7, 11) is 0. The van der Waals surface area contributed by atoms with Gasteiger partial charge in [-0.1, -0.05) is 0 Å². The highest BCUT2D eigenvalue weighted by molar-refractivity contribution is 7.07. The predicted molar refractivity (Wildman–Crippen MR) is 73.5 cm³/mol. The molecule has 5 heteroatoms. The Balaban J connectivity index is 1.61. The van der Waals surface area contributed by atoms with Gasteiger partial charge in [-0.05, 0) is 48.2 Å². The SMILES string of the molecule is NNC(Cc1ccsc1)C1CN2CCCC2CO1. The van der Waals surface area contributed by atoms with E-state index in [1.165, 1.54) is 24.9 Å². The van der Waals surface area contributed by atoms with Crippen LogP contribution in [0.4, 0.5) is 0 Å². The number of morpholine rings is 1. The average molecular weight is 267 g/mol.